The molecule has 3 nitrogen and oxygen atoms in total. The second kappa shape index (κ2) is 5.13. The molecule has 2 rings (SSSR count). The summed E-state index contributed by atoms with van der Waals surface area (Å²) in [4.78, 5) is 11.9. The highest BCUT2D eigenvalue weighted by atomic mass is 79.9. The highest BCUT2D eigenvalue weighted by Crippen LogP contribution is 2.29. The molecule has 1 heterocycles. The van der Waals surface area contributed by atoms with E-state index in [0.717, 1.165) is 12.1 Å². The molecule has 0 fully saturated rings. The molecule has 0 unspecified atom stereocenters. The Labute approximate surface area is 116 Å². The van der Waals surface area contributed by atoms with E-state index >= 15 is 0 Å². The topological polar surface area (TPSA) is 42.2 Å². The number of rotatable bonds is 2. The fourth-order valence-corrected chi connectivity index (χ4v) is 2.23. The Balaban J connectivity index is 2.80. The normalized spacial score (nSPS) is 10.7. The summed E-state index contributed by atoms with van der Waals surface area (Å²) < 4.78 is 29.2. The molecule has 0 aliphatic rings. The van der Waals surface area contributed by atoms with E-state index in [9.17, 15) is 13.6 Å². The number of pyridine rings is 1. The van der Waals surface area contributed by atoms with E-state index in [4.69, 9.17) is 5.11 Å². The zero-order valence-electron chi connectivity index (χ0n) is 9.95. The molecule has 1 aromatic heterocycles. The van der Waals surface area contributed by atoms with Crippen molar-refractivity contribution in [2.24, 2.45) is 0 Å². The van der Waals surface area contributed by atoms with Crippen molar-refractivity contribution in [1.29, 1.82) is 0 Å². The molecule has 0 aliphatic heterocycles. The van der Waals surface area contributed by atoms with Gasteiger partial charge < -0.3 is 9.67 Å². The number of aromatic nitrogens is 1. The Bertz CT molecular complexity index is 675. The second-order valence-electron chi connectivity index (χ2n) is 3.90. The van der Waals surface area contributed by atoms with Gasteiger partial charge in [-0.2, -0.15) is 0 Å². The summed E-state index contributed by atoms with van der Waals surface area (Å²) in [6.07, 6.45) is 0. The molecule has 100 valence electrons. The predicted octanol–water partition coefficient (Wildman–Crippen LogP) is 3.28. The Hall–Kier alpha value is -1.69. The Morgan fingerprint density at radius 3 is 2.37 bits per heavy atom. The van der Waals surface area contributed by atoms with Gasteiger partial charge in [0.05, 0.1) is 15.7 Å². The second-order valence-corrected chi connectivity index (χ2v) is 4.75. The third-order valence-corrected chi connectivity index (χ3v) is 3.33. The van der Waals surface area contributed by atoms with Crippen molar-refractivity contribution in [3.63, 3.8) is 0 Å². The molecule has 1 aromatic carbocycles. The molecular formula is C13H10BrF2NO2. The maximum Gasteiger partial charge on any atom is 0.265 e. The van der Waals surface area contributed by atoms with Gasteiger partial charge in [0, 0.05) is 18.7 Å². The lowest BCUT2D eigenvalue weighted by Gasteiger charge is -2.13. The van der Waals surface area contributed by atoms with Crippen LogP contribution in [-0.4, -0.2) is 9.67 Å². The number of halogens is 3. The lowest BCUT2D eigenvalue weighted by molar-refractivity contribution is 0.461. The minimum Gasteiger partial charge on any atom is -0.508 e. The summed E-state index contributed by atoms with van der Waals surface area (Å²) >= 11 is 3.08. The van der Waals surface area contributed by atoms with Gasteiger partial charge in [-0.1, -0.05) is 0 Å². The van der Waals surface area contributed by atoms with E-state index < -0.39 is 17.4 Å². The molecule has 0 radical (unpaired) electrons. The van der Waals surface area contributed by atoms with Gasteiger partial charge in [-0.05, 0) is 35.0 Å². The Morgan fingerprint density at radius 1 is 1.26 bits per heavy atom. The Morgan fingerprint density at radius 2 is 1.84 bits per heavy atom. The van der Waals surface area contributed by atoms with Crippen LogP contribution < -0.4 is 5.56 Å². The summed E-state index contributed by atoms with van der Waals surface area (Å²) in [7, 11) is 0. The molecule has 0 aliphatic carbocycles. The summed E-state index contributed by atoms with van der Waals surface area (Å²) in [5, 5.41) is 9.13. The molecule has 2 aromatic rings. The first-order chi connectivity index (χ1) is 8.95. The van der Waals surface area contributed by atoms with Crippen molar-refractivity contribution >= 4 is 15.9 Å². The van der Waals surface area contributed by atoms with Gasteiger partial charge in [0.25, 0.3) is 5.56 Å². The maximum absolute atomic E-state index is 13.8. The average molecular weight is 330 g/mol. The van der Waals surface area contributed by atoms with Crippen molar-refractivity contribution in [2.75, 3.05) is 0 Å². The zero-order valence-corrected chi connectivity index (χ0v) is 11.5. The largest absolute Gasteiger partial charge is 0.508 e. The van der Waals surface area contributed by atoms with Crippen LogP contribution in [-0.2, 0) is 6.54 Å². The van der Waals surface area contributed by atoms with Gasteiger partial charge in [-0.15, -0.1) is 0 Å². The van der Waals surface area contributed by atoms with Crippen LogP contribution in [0.2, 0.25) is 0 Å². The van der Waals surface area contributed by atoms with Crippen molar-refractivity contribution < 1.29 is 13.9 Å². The first-order valence-electron chi connectivity index (χ1n) is 5.53. The van der Waals surface area contributed by atoms with E-state index in [2.05, 4.69) is 15.9 Å². The molecule has 0 atom stereocenters. The first kappa shape index (κ1) is 13.7. The minimum atomic E-state index is -0.915. The minimum absolute atomic E-state index is 0.130. The molecule has 1 N–H and O–H groups in total. The molecule has 0 spiro atoms. The van der Waals surface area contributed by atoms with E-state index in [1.165, 1.54) is 16.7 Å². The van der Waals surface area contributed by atoms with E-state index in [-0.39, 0.29) is 23.4 Å². The number of nitrogens with zero attached hydrogens (tertiary/aromatic N) is 1. The molecule has 6 heteroatoms. The number of benzene rings is 1. The number of aromatic hydroxyl groups is 1. The fourth-order valence-electron chi connectivity index (χ4n) is 1.89. The van der Waals surface area contributed by atoms with Gasteiger partial charge >= 0.3 is 0 Å². The predicted molar refractivity (Wildman–Crippen MR) is 71.1 cm³/mol. The standard InChI is InChI=1S/C13H10BrF2NO2/c1-2-17-11(4-3-8(14)13(17)19)12-9(15)5-7(18)6-10(12)16/h3-6,18H,2H2,1H3. The van der Waals surface area contributed by atoms with Crippen LogP contribution in [0.3, 0.4) is 0 Å². The van der Waals surface area contributed by atoms with E-state index in [1.807, 2.05) is 0 Å². The summed E-state index contributed by atoms with van der Waals surface area (Å²) in [5.74, 6) is -2.33. The monoisotopic (exact) mass is 329 g/mol. The van der Waals surface area contributed by atoms with Crippen molar-refractivity contribution in [3.05, 3.63) is 50.7 Å². The lowest BCUT2D eigenvalue weighted by Crippen LogP contribution is -2.21. The SMILES string of the molecule is CCn1c(-c2c(F)cc(O)cc2F)ccc(Br)c1=O. The van der Waals surface area contributed by atoms with Crippen LogP contribution >= 0.6 is 15.9 Å². The number of hydrogen-bond acceptors (Lipinski definition) is 2. The highest BCUT2D eigenvalue weighted by Gasteiger charge is 2.17. The van der Waals surface area contributed by atoms with Crippen LogP contribution in [0.25, 0.3) is 11.3 Å². The summed E-state index contributed by atoms with van der Waals surface area (Å²) in [6.45, 7) is 1.97. The Kier molecular flexibility index (Phi) is 3.71. The van der Waals surface area contributed by atoms with E-state index in [1.54, 1.807) is 6.92 Å². The smallest absolute Gasteiger partial charge is 0.265 e. The lowest BCUT2D eigenvalue weighted by atomic mass is 10.1. The van der Waals surface area contributed by atoms with Crippen LogP contribution in [0, 0.1) is 11.6 Å². The maximum atomic E-state index is 13.8. The number of hydrogen-bond donors (Lipinski definition) is 1. The van der Waals surface area contributed by atoms with Crippen LogP contribution in [0.15, 0.2) is 33.5 Å². The molecule has 0 saturated carbocycles. The van der Waals surface area contributed by atoms with Crippen LogP contribution in [0.5, 0.6) is 5.75 Å². The highest BCUT2D eigenvalue weighted by molar-refractivity contribution is 9.10. The fraction of sp³-hybridized carbons (Fsp3) is 0.154. The van der Waals surface area contributed by atoms with Crippen LogP contribution in [0.4, 0.5) is 8.78 Å². The molecule has 0 saturated heterocycles. The van der Waals surface area contributed by atoms with Crippen molar-refractivity contribution in [2.45, 2.75) is 13.5 Å². The van der Waals surface area contributed by atoms with Gasteiger partial charge in [0.2, 0.25) is 0 Å². The third-order valence-electron chi connectivity index (χ3n) is 2.73. The summed E-state index contributed by atoms with van der Waals surface area (Å²) in [5.41, 5.74) is -0.568. The van der Waals surface area contributed by atoms with Gasteiger partial charge in [0.1, 0.15) is 17.4 Å². The van der Waals surface area contributed by atoms with Crippen molar-refractivity contribution in [1.82, 2.24) is 4.57 Å². The number of phenolic OH excluding ortho intramolecular Hbond substituents is 1. The van der Waals surface area contributed by atoms with Gasteiger partial charge in [-0.3, -0.25) is 4.79 Å². The first-order valence-corrected chi connectivity index (χ1v) is 6.32. The average Bonchev–Trinajstić information content (AvgIpc) is 2.32. The van der Waals surface area contributed by atoms with E-state index in [0.29, 0.717) is 4.47 Å². The van der Waals surface area contributed by atoms with Crippen LogP contribution in [0.1, 0.15) is 6.92 Å². The molecule has 0 amide bonds. The van der Waals surface area contributed by atoms with Gasteiger partial charge in [-0.25, -0.2) is 8.78 Å². The third kappa shape index (κ3) is 2.40. The molecule has 19 heavy (non-hydrogen) atoms. The number of phenols is 1. The van der Waals surface area contributed by atoms with Gasteiger partial charge in [0.15, 0.2) is 0 Å². The quantitative estimate of drug-likeness (QED) is 0.918. The zero-order chi connectivity index (χ0) is 14.2. The summed E-state index contributed by atoms with van der Waals surface area (Å²) in [6, 6.07) is 4.51. The molecule has 0 bridgehead atoms. The molecular weight excluding hydrogens is 320 g/mol. The van der Waals surface area contributed by atoms with Crippen molar-refractivity contribution in [3.8, 4) is 17.0 Å².